The van der Waals surface area contributed by atoms with Gasteiger partial charge in [0.25, 0.3) is 0 Å². The minimum absolute atomic E-state index is 0.329. The van der Waals surface area contributed by atoms with Crippen molar-refractivity contribution < 1.29 is 9.53 Å². The Labute approximate surface area is 119 Å². The van der Waals surface area contributed by atoms with Gasteiger partial charge in [0, 0.05) is 13.1 Å². The maximum atomic E-state index is 11.7. The van der Waals surface area contributed by atoms with Gasteiger partial charge >= 0.3 is 5.97 Å². The minimum atomic E-state index is -0.369. The number of nitrogens with zero attached hydrogens (tertiary/aromatic N) is 2. The number of hydrogen-bond donors (Lipinski definition) is 1. The highest BCUT2D eigenvalue weighted by molar-refractivity contribution is 5.89. The summed E-state index contributed by atoms with van der Waals surface area (Å²) in [6.45, 7) is 3.57. The predicted molar refractivity (Wildman–Crippen MR) is 78.7 cm³/mol. The summed E-state index contributed by atoms with van der Waals surface area (Å²) in [6.07, 6.45) is 1.88. The third kappa shape index (κ3) is 4.97. The summed E-state index contributed by atoms with van der Waals surface area (Å²) in [7, 11) is 1.79. The summed E-state index contributed by atoms with van der Waals surface area (Å²) in [4.78, 5) is 22.5. The molecule has 1 aromatic rings. The van der Waals surface area contributed by atoms with E-state index in [9.17, 15) is 9.70 Å². The molecule has 0 aliphatic heterocycles. The molecule has 0 saturated carbocycles. The Balaban J connectivity index is 2.62. The molecular formula is C14H21N3O3. The van der Waals surface area contributed by atoms with Crippen molar-refractivity contribution in [2.24, 2.45) is 5.29 Å². The Morgan fingerprint density at radius 1 is 1.35 bits per heavy atom. The van der Waals surface area contributed by atoms with Gasteiger partial charge in [0.15, 0.2) is 0 Å². The van der Waals surface area contributed by atoms with Gasteiger partial charge in [-0.2, -0.15) is 0 Å². The van der Waals surface area contributed by atoms with E-state index in [1.807, 2.05) is 6.92 Å². The van der Waals surface area contributed by atoms with E-state index in [2.05, 4.69) is 10.6 Å². The zero-order valence-corrected chi connectivity index (χ0v) is 12.0. The summed E-state index contributed by atoms with van der Waals surface area (Å²) in [6, 6.07) is 6.68. The van der Waals surface area contributed by atoms with Gasteiger partial charge in [-0.15, -0.1) is 4.91 Å². The number of carbonyl (C=O) groups is 1. The van der Waals surface area contributed by atoms with Crippen LogP contribution >= 0.6 is 0 Å². The molecule has 0 bridgehead atoms. The van der Waals surface area contributed by atoms with Crippen LogP contribution in [0.4, 0.5) is 5.69 Å². The van der Waals surface area contributed by atoms with Crippen molar-refractivity contribution in [1.82, 2.24) is 5.32 Å². The summed E-state index contributed by atoms with van der Waals surface area (Å²) in [5.41, 5.74) is 1.14. The Bertz CT molecular complexity index is 420. The van der Waals surface area contributed by atoms with E-state index >= 15 is 0 Å². The fourth-order valence-electron chi connectivity index (χ4n) is 1.62. The number of unbranched alkanes of at least 4 members (excludes halogenated alkanes) is 1. The Morgan fingerprint density at radius 3 is 2.60 bits per heavy atom. The number of nitrogens with one attached hydrogen (secondary N) is 1. The number of ether oxygens (including phenoxy) is 1. The first-order chi connectivity index (χ1) is 9.72. The molecule has 0 heterocycles. The van der Waals surface area contributed by atoms with Gasteiger partial charge < -0.3 is 10.1 Å². The Kier molecular flexibility index (Phi) is 7.27. The predicted octanol–water partition coefficient (Wildman–Crippen LogP) is 2.35. The molecule has 0 aliphatic rings. The van der Waals surface area contributed by atoms with Crippen LogP contribution in [0.25, 0.3) is 0 Å². The fraction of sp³-hybridized carbons (Fsp3) is 0.500. The summed E-state index contributed by atoms with van der Waals surface area (Å²) in [5.74, 6) is -0.369. The van der Waals surface area contributed by atoms with Crippen LogP contribution in [-0.2, 0) is 4.74 Å². The molecule has 0 amide bonds. The van der Waals surface area contributed by atoms with Crippen LogP contribution in [-0.4, -0.2) is 32.7 Å². The van der Waals surface area contributed by atoms with Gasteiger partial charge in [-0.3, -0.25) is 0 Å². The highest BCUT2D eigenvalue weighted by Crippen LogP contribution is 2.17. The van der Waals surface area contributed by atoms with Crippen LogP contribution in [0.3, 0.4) is 0 Å². The number of rotatable bonds is 9. The van der Waals surface area contributed by atoms with Crippen LogP contribution in [0.2, 0.25) is 0 Å². The molecule has 110 valence electrons. The van der Waals surface area contributed by atoms with E-state index in [-0.39, 0.29) is 5.97 Å². The first kappa shape index (κ1) is 16.1. The lowest BCUT2D eigenvalue weighted by atomic mass is 10.2. The van der Waals surface area contributed by atoms with Crippen molar-refractivity contribution in [2.45, 2.75) is 19.8 Å². The molecule has 1 aromatic carbocycles. The Hall–Kier alpha value is -1.95. The van der Waals surface area contributed by atoms with Crippen LogP contribution in [0.5, 0.6) is 0 Å². The molecule has 0 unspecified atom stereocenters. The SMILES string of the molecule is CCCCN(N=O)c1ccc(C(=O)OCCNC)cc1. The lowest BCUT2D eigenvalue weighted by Crippen LogP contribution is -2.18. The minimum Gasteiger partial charge on any atom is -0.461 e. The largest absolute Gasteiger partial charge is 0.461 e. The Morgan fingerprint density at radius 2 is 2.05 bits per heavy atom. The van der Waals surface area contributed by atoms with Crippen molar-refractivity contribution in [3.8, 4) is 0 Å². The molecule has 0 aromatic heterocycles. The second-order valence-corrected chi connectivity index (χ2v) is 4.34. The molecule has 0 aliphatic carbocycles. The summed E-state index contributed by atoms with van der Waals surface area (Å²) < 4.78 is 5.06. The monoisotopic (exact) mass is 279 g/mol. The van der Waals surface area contributed by atoms with Crippen LogP contribution in [0, 0.1) is 4.91 Å². The van der Waals surface area contributed by atoms with Gasteiger partial charge in [-0.1, -0.05) is 13.3 Å². The zero-order chi connectivity index (χ0) is 14.8. The third-order valence-corrected chi connectivity index (χ3v) is 2.81. The highest BCUT2D eigenvalue weighted by Gasteiger charge is 2.09. The van der Waals surface area contributed by atoms with Gasteiger partial charge in [0.1, 0.15) is 6.61 Å². The second kappa shape index (κ2) is 9.03. The topological polar surface area (TPSA) is 71.0 Å². The van der Waals surface area contributed by atoms with Crippen LogP contribution in [0.15, 0.2) is 29.6 Å². The zero-order valence-electron chi connectivity index (χ0n) is 12.0. The number of likely N-dealkylation sites (N-methyl/N-ethyl adjacent to an activating group) is 1. The van der Waals surface area contributed by atoms with Crippen LogP contribution in [0.1, 0.15) is 30.1 Å². The van der Waals surface area contributed by atoms with E-state index in [1.54, 1.807) is 31.3 Å². The second-order valence-electron chi connectivity index (χ2n) is 4.34. The number of anilines is 1. The summed E-state index contributed by atoms with van der Waals surface area (Å²) >= 11 is 0. The van der Waals surface area contributed by atoms with E-state index in [4.69, 9.17) is 4.74 Å². The molecule has 0 fully saturated rings. The fourth-order valence-corrected chi connectivity index (χ4v) is 1.62. The van der Waals surface area contributed by atoms with E-state index in [0.29, 0.717) is 30.9 Å². The summed E-state index contributed by atoms with van der Waals surface area (Å²) in [5, 5.41) is 7.27. The maximum absolute atomic E-state index is 11.7. The molecule has 0 spiro atoms. The number of hydrogen-bond acceptors (Lipinski definition) is 5. The smallest absolute Gasteiger partial charge is 0.338 e. The van der Waals surface area contributed by atoms with E-state index in [0.717, 1.165) is 12.8 Å². The quantitative estimate of drug-likeness (QED) is 0.325. The van der Waals surface area contributed by atoms with Gasteiger partial charge in [0.05, 0.1) is 16.5 Å². The molecule has 0 saturated heterocycles. The molecular weight excluding hydrogens is 258 g/mol. The first-order valence-electron chi connectivity index (χ1n) is 6.75. The highest BCUT2D eigenvalue weighted by atomic mass is 16.5. The lowest BCUT2D eigenvalue weighted by Gasteiger charge is -2.14. The van der Waals surface area contributed by atoms with Crippen molar-refractivity contribution in [1.29, 1.82) is 0 Å². The molecule has 0 atom stereocenters. The average molecular weight is 279 g/mol. The molecule has 1 N–H and O–H groups in total. The van der Waals surface area contributed by atoms with Gasteiger partial charge in [0.2, 0.25) is 0 Å². The molecule has 1 rings (SSSR count). The van der Waals surface area contributed by atoms with Crippen molar-refractivity contribution >= 4 is 11.7 Å². The molecule has 6 heteroatoms. The maximum Gasteiger partial charge on any atom is 0.338 e. The standard InChI is InChI=1S/C14H21N3O3/c1-3-4-10-17(16-19)13-7-5-12(6-8-13)14(18)20-11-9-15-2/h5-8,15H,3-4,9-11H2,1-2H3. The van der Waals surface area contributed by atoms with Crippen molar-refractivity contribution in [3.05, 3.63) is 34.7 Å². The number of esters is 1. The number of benzene rings is 1. The number of nitroso groups, excluding NO2 is 1. The third-order valence-electron chi connectivity index (χ3n) is 2.81. The van der Waals surface area contributed by atoms with Crippen molar-refractivity contribution in [3.63, 3.8) is 0 Å². The van der Waals surface area contributed by atoms with E-state index in [1.165, 1.54) is 5.01 Å². The lowest BCUT2D eigenvalue weighted by molar-refractivity contribution is 0.0510. The van der Waals surface area contributed by atoms with Gasteiger partial charge in [-0.05, 0) is 37.7 Å². The van der Waals surface area contributed by atoms with Gasteiger partial charge in [-0.25, -0.2) is 9.80 Å². The molecule has 20 heavy (non-hydrogen) atoms. The normalized spacial score (nSPS) is 10.1. The van der Waals surface area contributed by atoms with Crippen molar-refractivity contribution in [2.75, 3.05) is 31.8 Å². The number of carbonyl (C=O) groups excluding carboxylic acids is 1. The van der Waals surface area contributed by atoms with Crippen LogP contribution < -0.4 is 10.3 Å². The van der Waals surface area contributed by atoms with E-state index < -0.39 is 0 Å². The average Bonchev–Trinajstić information content (AvgIpc) is 2.49. The molecule has 0 radical (unpaired) electrons. The molecule has 6 nitrogen and oxygen atoms in total. The first-order valence-corrected chi connectivity index (χ1v) is 6.75.